The zero-order valence-corrected chi connectivity index (χ0v) is 22.9. The van der Waals surface area contributed by atoms with E-state index in [0.29, 0.717) is 23.2 Å². The second kappa shape index (κ2) is 12.7. The molecule has 1 aliphatic heterocycles. The molecule has 1 unspecified atom stereocenters. The van der Waals surface area contributed by atoms with E-state index >= 15 is 0 Å². The van der Waals surface area contributed by atoms with Crippen molar-refractivity contribution in [2.45, 2.75) is 50.9 Å². The van der Waals surface area contributed by atoms with Crippen molar-refractivity contribution in [1.82, 2.24) is 15.5 Å². The van der Waals surface area contributed by atoms with Gasteiger partial charge in [0.05, 0.1) is 16.4 Å². The minimum absolute atomic E-state index is 0.0145. The minimum atomic E-state index is -0.913. The highest BCUT2D eigenvalue weighted by molar-refractivity contribution is 7.81. The average Bonchev–Trinajstić information content (AvgIpc) is 3.15. The molecule has 2 N–H and O–H groups in total. The molecule has 0 saturated heterocycles. The topological polar surface area (TPSA) is 116 Å². The van der Waals surface area contributed by atoms with Crippen molar-refractivity contribution >= 4 is 47.9 Å². The highest BCUT2D eigenvalue weighted by Crippen LogP contribution is 2.24. The SMILES string of the molecule is CNC(=O)[C@H](C)N(C(=O)[C@H](CC(C)C)NC(=O)C(S)CCN1C(=O)c2ccccc2C1=O)c1ccccc1. The molecule has 38 heavy (non-hydrogen) atoms. The Morgan fingerprint density at radius 2 is 1.45 bits per heavy atom. The molecule has 0 spiro atoms. The van der Waals surface area contributed by atoms with Gasteiger partial charge >= 0.3 is 0 Å². The summed E-state index contributed by atoms with van der Waals surface area (Å²) in [6.07, 6.45) is 0.452. The number of para-hydroxylation sites is 1. The number of benzene rings is 2. The van der Waals surface area contributed by atoms with Crippen molar-refractivity contribution in [3.8, 4) is 0 Å². The van der Waals surface area contributed by atoms with E-state index in [2.05, 4.69) is 23.3 Å². The first kappa shape index (κ1) is 28.9. The number of nitrogens with zero attached hydrogens (tertiary/aromatic N) is 2. The number of carbonyl (C=O) groups is 5. The fraction of sp³-hybridized carbons (Fsp3) is 0.393. The Hall–Kier alpha value is -3.66. The quantitative estimate of drug-likeness (QED) is 0.301. The lowest BCUT2D eigenvalue weighted by Crippen LogP contribution is -2.56. The number of hydrogen-bond donors (Lipinski definition) is 3. The third-order valence-corrected chi connectivity index (χ3v) is 6.91. The van der Waals surface area contributed by atoms with Gasteiger partial charge in [-0.25, -0.2) is 0 Å². The number of thiol groups is 1. The molecule has 0 aromatic heterocycles. The van der Waals surface area contributed by atoms with Gasteiger partial charge in [0.1, 0.15) is 12.1 Å². The third kappa shape index (κ3) is 6.42. The Balaban J connectivity index is 1.73. The molecule has 0 fully saturated rings. The fourth-order valence-electron chi connectivity index (χ4n) is 4.41. The van der Waals surface area contributed by atoms with Crippen LogP contribution in [-0.2, 0) is 14.4 Å². The molecule has 2 aromatic carbocycles. The van der Waals surface area contributed by atoms with E-state index in [4.69, 9.17) is 0 Å². The van der Waals surface area contributed by atoms with E-state index in [0.717, 1.165) is 4.90 Å². The third-order valence-electron chi connectivity index (χ3n) is 6.41. The molecular formula is C28H34N4O5S. The summed E-state index contributed by atoms with van der Waals surface area (Å²) in [5.74, 6) is -2.00. The molecule has 202 valence electrons. The van der Waals surface area contributed by atoms with Gasteiger partial charge in [-0.3, -0.25) is 33.8 Å². The lowest BCUT2D eigenvalue weighted by atomic mass is 10.0. The number of nitrogens with one attached hydrogen (secondary N) is 2. The monoisotopic (exact) mass is 538 g/mol. The average molecular weight is 539 g/mol. The Bertz CT molecular complexity index is 1170. The van der Waals surface area contributed by atoms with Gasteiger partial charge in [-0.2, -0.15) is 12.6 Å². The van der Waals surface area contributed by atoms with Gasteiger partial charge in [0, 0.05) is 19.3 Å². The molecule has 10 heteroatoms. The second-order valence-corrected chi connectivity index (χ2v) is 10.3. The van der Waals surface area contributed by atoms with Crippen LogP contribution in [0.15, 0.2) is 54.6 Å². The Kier molecular flexibility index (Phi) is 9.68. The molecule has 1 aliphatic rings. The summed E-state index contributed by atoms with van der Waals surface area (Å²) in [5.41, 5.74) is 1.21. The molecule has 5 amide bonds. The smallest absolute Gasteiger partial charge is 0.261 e. The first-order chi connectivity index (χ1) is 18.1. The predicted octanol–water partition coefficient (Wildman–Crippen LogP) is 2.67. The molecule has 0 aliphatic carbocycles. The molecule has 0 bridgehead atoms. The van der Waals surface area contributed by atoms with E-state index in [1.165, 1.54) is 11.9 Å². The number of anilines is 1. The van der Waals surface area contributed by atoms with Crippen LogP contribution in [0.25, 0.3) is 0 Å². The van der Waals surface area contributed by atoms with Gasteiger partial charge in [0.15, 0.2) is 0 Å². The van der Waals surface area contributed by atoms with Gasteiger partial charge in [0.25, 0.3) is 11.8 Å². The molecule has 3 rings (SSSR count). The molecule has 0 saturated carbocycles. The number of imide groups is 1. The number of likely N-dealkylation sites (N-methyl/N-ethyl adjacent to an activating group) is 1. The van der Waals surface area contributed by atoms with Crippen molar-refractivity contribution in [2.24, 2.45) is 5.92 Å². The lowest BCUT2D eigenvalue weighted by Gasteiger charge is -2.33. The van der Waals surface area contributed by atoms with Crippen molar-refractivity contribution in [2.75, 3.05) is 18.5 Å². The first-order valence-electron chi connectivity index (χ1n) is 12.6. The van der Waals surface area contributed by atoms with Gasteiger partial charge < -0.3 is 10.6 Å². The maximum Gasteiger partial charge on any atom is 0.261 e. The van der Waals surface area contributed by atoms with Crippen LogP contribution in [-0.4, -0.2) is 65.4 Å². The largest absolute Gasteiger partial charge is 0.357 e. The van der Waals surface area contributed by atoms with Crippen LogP contribution in [0, 0.1) is 5.92 Å². The zero-order valence-electron chi connectivity index (χ0n) is 22.0. The Morgan fingerprint density at radius 1 is 0.895 bits per heavy atom. The maximum absolute atomic E-state index is 13.8. The molecule has 2 aromatic rings. The maximum atomic E-state index is 13.8. The number of carbonyl (C=O) groups excluding carboxylic acids is 5. The van der Waals surface area contributed by atoms with Gasteiger partial charge in [-0.1, -0.05) is 44.2 Å². The number of amides is 5. The molecular weight excluding hydrogens is 504 g/mol. The van der Waals surface area contributed by atoms with E-state index < -0.39 is 41.0 Å². The predicted molar refractivity (Wildman–Crippen MR) is 148 cm³/mol. The first-order valence-corrected chi connectivity index (χ1v) is 13.1. The molecule has 3 atom stereocenters. The molecule has 9 nitrogen and oxygen atoms in total. The van der Waals surface area contributed by atoms with Crippen molar-refractivity contribution in [3.05, 3.63) is 65.7 Å². The van der Waals surface area contributed by atoms with Crippen LogP contribution in [0.1, 0.15) is 54.3 Å². The second-order valence-electron chi connectivity index (χ2n) is 9.64. The normalized spacial score (nSPS) is 15.1. The fourth-order valence-corrected chi connectivity index (χ4v) is 4.60. The summed E-state index contributed by atoms with van der Waals surface area (Å²) < 4.78 is 0. The highest BCUT2D eigenvalue weighted by Gasteiger charge is 2.37. The molecule has 0 radical (unpaired) electrons. The summed E-state index contributed by atoms with van der Waals surface area (Å²) in [4.78, 5) is 67.1. The zero-order chi connectivity index (χ0) is 28.0. The van der Waals surface area contributed by atoms with Crippen LogP contribution >= 0.6 is 12.6 Å². The highest BCUT2D eigenvalue weighted by atomic mass is 32.1. The summed E-state index contributed by atoms with van der Waals surface area (Å²) >= 11 is 4.41. The van der Waals surface area contributed by atoms with Crippen molar-refractivity contribution < 1.29 is 24.0 Å². The van der Waals surface area contributed by atoms with Crippen LogP contribution in [0.2, 0.25) is 0 Å². The summed E-state index contributed by atoms with van der Waals surface area (Å²) in [6, 6.07) is 13.7. The van der Waals surface area contributed by atoms with Crippen LogP contribution in [0.5, 0.6) is 0 Å². The number of hydrogen-bond acceptors (Lipinski definition) is 6. The minimum Gasteiger partial charge on any atom is -0.357 e. The van der Waals surface area contributed by atoms with Crippen molar-refractivity contribution in [1.29, 1.82) is 0 Å². The summed E-state index contributed by atoms with van der Waals surface area (Å²) in [6.45, 7) is 5.51. The van der Waals surface area contributed by atoms with E-state index in [-0.39, 0.29) is 24.8 Å². The summed E-state index contributed by atoms with van der Waals surface area (Å²) in [7, 11) is 1.50. The Morgan fingerprint density at radius 3 is 1.97 bits per heavy atom. The summed E-state index contributed by atoms with van der Waals surface area (Å²) in [5, 5.41) is 4.50. The number of fused-ring (bicyclic) bond motifs is 1. The van der Waals surface area contributed by atoms with Gasteiger partial charge in [-0.05, 0) is 49.9 Å². The van der Waals surface area contributed by atoms with Crippen LogP contribution in [0.4, 0.5) is 5.69 Å². The van der Waals surface area contributed by atoms with Gasteiger partial charge in [-0.15, -0.1) is 0 Å². The van der Waals surface area contributed by atoms with E-state index in [1.54, 1.807) is 55.5 Å². The number of rotatable bonds is 11. The lowest BCUT2D eigenvalue weighted by molar-refractivity contribution is -0.129. The molecule has 1 heterocycles. The van der Waals surface area contributed by atoms with E-state index in [9.17, 15) is 24.0 Å². The van der Waals surface area contributed by atoms with Crippen LogP contribution < -0.4 is 15.5 Å². The van der Waals surface area contributed by atoms with Crippen molar-refractivity contribution in [3.63, 3.8) is 0 Å². The van der Waals surface area contributed by atoms with E-state index in [1.807, 2.05) is 19.9 Å². The Labute approximate surface area is 228 Å². The van der Waals surface area contributed by atoms with Crippen LogP contribution in [0.3, 0.4) is 0 Å². The van der Waals surface area contributed by atoms with Gasteiger partial charge in [0.2, 0.25) is 17.7 Å². The standard InChI is InChI=1S/C28H34N4O5S/c1-17(2)16-22(28(37)32(18(3)24(33)29-4)19-10-6-5-7-11-19)30-25(34)23(38)14-15-31-26(35)20-12-8-9-13-21(20)27(31)36/h5-13,17-18,22-23,38H,14-16H2,1-4H3,(H,29,33)(H,30,34)/t18-,22-,23?/m0/s1.